The van der Waals surface area contributed by atoms with Gasteiger partial charge in [-0.3, -0.25) is 0 Å². The van der Waals surface area contributed by atoms with Gasteiger partial charge in [0.15, 0.2) is 11.9 Å². The largest absolute Gasteiger partial charge is 0.498 e. The van der Waals surface area contributed by atoms with E-state index in [0.29, 0.717) is 35.8 Å². The number of hydrogen-bond donors (Lipinski definition) is 0. The maximum atomic E-state index is 10.5. The van der Waals surface area contributed by atoms with Crippen LogP contribution < -0.4 is 9.47 Å². The molecule has 6 nitrogen and oxygen atoms in total. The molecule has 0 N–H and O–H groups in total. The topological polar surface area (TPSA) is 64.3 Å². The van der Waals surface area contributed by atoms with Crippen molar-refractivity contribution in [2.45, 2.75) is 12.7 Å². The first kappa shape index (κ1) is 13.5. The van der Waals surface area contributed by atoms with Crippen LogP contribution >= 0.6 is 0 Å². The van der Waals surface area contributed by atoms with E-state index in [1.54, 1.807) is 12.1 Å². The number of benzene rings is 1. The highest BCUT2D eigenvalue weighted by Crippen LogP contribution is 2.37. The Morgan fingerprint density at radius 2 is 1.84 bits per heavy atom. The summed E-state index contributed by atoms with van der Waals surface area (Å²) < 4.78 is 21.6. The van der Waals surface area contributed by atoms with Crippen LogP contribution in [0.4, 0.5) is 0 Å². The summed E-state index contributed by atoms with van der Waals surface area (Å²) >= 11 is 0. The van der Waals surface area contributed by atoms with Crippen molar-refractivity contribution in [2.75, 3.05) is 27.4 Å². The molecule has 102 valence electrons. The molecule has 0 atom stereocenters. The fourth-order valence-corrected chi connectivity index (χ4v) is 1.98. The second-order valence-electron chi connectivity index (χ2n) is 3.89. The Morgan fingerprint density at radius 1 is 1.21 bits per heavy atom. The van der Waals surface area contributed by atoms with E-state index < -0.39 is 6.29 Å². The van der Waals surface area contributed by atoms with Crippen molar-refractivity contribution < 1.29 is 18.9 Å². The Morgan fingerprint density at radius 3 is 2.42 bits per heavy atom. The van der Waals surface area contributed by atoms with Gasteiger partial charge in [-0.2, -0.15) is 0 Å². The van der Waals surface area contributed by atoms with Gasteiger partial charge < -0.3 is 24.2 Å². The van der Waals surface area contributed by atoms with Gasteiger partial charge in [0.25, 0.3) is 0 Å². The van der Waals surface area contributed by atoms with E-state index in [1.165, 1.54) is 14.2 Å². The molecule has 0 aromatic heterocycles. The van der Waals surface area contributed by atoms with Crippen molar-refractivity contribution in [1.29, 1.82) is 0 Å². The lowest BCUT2D eigenvalue weighted by Gasteiger charge is -2.25. The van der Waals surface area contributed by atoms with Crippen molar-refractivity contribution in [3.8, 4) is 17.6 Å². The van der Waals surface area contributed by atoms with Crippen LogP contribution in [0.2, 0.25) is 0 Å². The Balaban J connectivity index is 2.54. The molecule has 0 unspecified atom stereocenters. The normalized spacial score (nSPS) is 15.5. The molecule has 1 aromatic carbocycles. The molecule has 1 fully saturated rings. The summed E-state index contributed by atoms with van der Waals surface area (Å²) in [4.78, 5) is 0. The number of rotatable bonds is 3. The van der Waals surface area contributed by atoms with Gasteiger partial charge in [0.05, 0.1) is 33.0 Å². The minimum atomic E-state index is -0.608. The average molecular weight is 265 g/mol. The standard InChI is InChI=1S/C13H15NO5/c1-16-10-4-5-11(17-2)12(9(10)8-14-15)13-18-6-3-7-19-13/h4-5,13H,3,6-7H2,1-2H3. The molecule has 1 aromatic rings. The van der Waals surface area contributed by atoms with Crippen molar-refractivity contribution in [3.63, 3.8) is 0 Å². The van der Waals surface area contributed by atoms with Gasteiger partial charge in [-0.15, -0.1) is 0 Å². The van der Waals surface area contributed by atoms with Crippen LogP contribution in [-0.2, 0) is 9.47 Å². The van der Waals surface area contributed by atoms with E-state index >= 15 is 0 Å². The van der Waals surface area contributed by atoms with Crippen LogP contribution in [-0.4, -0.2) is 27.4 Å². The van der Waals surface area contributed by atoms with Crippen LogP contribution in [0, 0.1) is 11.3 Å². The van der Waals surface area contributed by atoms with E-state index in [-0.39, 0.29) is 0 Å². The molecule has 1 heterocycles. The second kappa shape index (κ2) is 6.27. The van der Waals surface area contributed by atoms with E-state index in [0.717, 1.165) is 6.42 Å². The molecule has 1 aliphatic heterocycles. The SMILES string of the molecule is COc1ccc(OC)c(C2OCCCO2)c1C#[N+][O-]. The number of nitrogens with zero attached hydrogens (tertiary/aromatic N) is 1. The molecule has 0 radical (unpaired) electrons. The molecule has 6 heteroatoms. The minimum Gasteiger partial charge on any atom is -0.498 e. The van der Waals surface area contributed by atoms with E-state index in [4.69, 9.17) is 18.9 Å². The fourth-order valence-electron chi connectivity index (χ4n) is 1.98. The molecule has 0 saturated carbocycles. The average Bonchev–Trinajstić information content (AvgIpc) is 2.48. The zero-order chi connectivity index (χ0) is 13.7. The van der Waals surface area contributed by atoms with Crippen LogP contribution in [0.25, 0.3) is 5.01 Å². The van der Waals surface area contributed by atoms with Gasteiger partial charge in [0, 0.05) is 5.01 Å². The monoisotopic (exact) mass is 265 g/mol. The summed E-state index contributed by atoms with van der Waals surface area (Å²) in [6.45, 7) is 1.16. The molecular weight excluding hydrogens is 250 g/mol. The summed E-state index contributed by atoms with van der Waals surface area (Å²) in [5, 5.41) is 13.2. The van der Waals surface area contributed by atoms with E-state index in [9.17, 15) is 5.21 Å². The molecule has 1 saturated heterocycles. The number of methoxy groups -OCH3 is 2. The number of hydrogen-bond acceptors (Lipinski definition) is 5. The highest BCUT2D eigenvalue weighted by atomic mass is 16.7. The Labute approximate surface area is 111 Å². The zero-order valence-corrected chi connectivity index (χ0v) is 10.8. The predicted octanol–water partition coefficient (Wildman–Crippen LogP) is 2.32. The molecule has 1 aliphatic rings. The lowest BCUT2D eigenvalue weighted by Crippen LogP contribution is -2.19. The van der Waals surface area contributed by atoms with Crippen molar-refractivity contribution in [3.05, 3.63) is 33.5 Å². The quantitative estimate of drug-likeness (QED) is 0.785. The molecular formula is C13H15NO5. The lowest BCUT2D eigenvalue weighted by molar-refractivity contribution is -0.183. The van der Waals surface area contributed by atoms with E-state index in [2.05, 4.69) is 11.1 Å². The van der Waals surface area contributed by atoms with Crippen LogP contribution in [0.5, 0.6) is 11.5 Å². The zero-order valence-electron chi connectivity index (χ0n) is 10.8. The van der Waals surface area contributed by atoms with Crippen LogP contribution in [0.15, 0.2) is 12.1 Å². The Bertz CT molecular complexity index is 500. The molecule has 2 rings (SSSR count). The van der Waals surface area contributed by atoms with E-state index in [1.807, 2.05) is 0 Å². The lowest BCUT2D eigenvalue weighted by atomic mass is 10.0. The van der Waals surface area contributed by atoms with Gasteiger partial charge in [0.2, 0.25) is 0 Å². The summed E-state index contributed by atoms with van der Waals surface area (Å²) in [6.07, 6.45) is 0.223. The van der Waals surface area contributed by atoms with Gasteiger partial charge in [0.1, 0.15) is 11.5 Å². The number of ether oxygens (including phenoxy) is 4. The maximum Gasteiger partial charge on any atom is 0.341 e. The summed E-state index contributed by atoms with van der Waals surface area (Å²) in [5.41, 5.74) is 0.963. The molecule has 0 spiro atoms. The third-order valence-electron chi connectivity index (χ3n) is 2.83. The first-order valence-electron chi connectivity index (χ1n) is 5.88. The van der Waals surface area contributed by atoms with Gasteiger partial charge in [-0.05, 0) is 18.6 Å². The second-order valence-corrected chi connectivity index (χ2v) is 3.89. The minimum absolute atomic E-state index is 0.392. The first-order valence-corrected chi connectivity index (χ1v) is 5.88. The fraction of sp³-hybridized carbons (Fsp3) is 0.462. The first-order chi connectivity index (χ1) is 9.31. The van der Waals surface area contributed by atoms with Crippen LogP contribution in [0.3, 0.4) is 0 Å². The summed E-state index contributed by atoms with van der Waals surface area (Å²) in [6, 6.07) is 5.78. The Kier molecular flexibility index (Phi) is 4.44. The molecule has 19 heavy (non-hydrogen) atoms. The molecule has 0 aliphatic carbocycles. The third-order valence-corrected chi connectivity index (χ3v) is 2.83. The van der Waals surface area contributed by atoms with Gasteiger partial charge >= 0.3 is 6.07 Å². The maximum absolute atomic E-state index is 10.5. The highest BCUT2D eigenvalue weighted by molar-refractivity contribution is 5.57. The summed E-state index contributed by atoms with van der Waals surface area (Å²) in [5.74, 6) is 1.01. The van der Waals surface area contributed by atoms with Crippen molar-refractivity contribution >= 4 is 0 Å². The van der Waals surface area contributed by atoms with Crippen LogP contribution in [0.1, 0.15) is 23.8 Å². The smallest absolute Gasteiger partial charge is 0.341 e. The summed E-state index contributed by atoms with van der Waals surface area (Å²) in [7, 11) is 3.04. The van der Waals surface area contributed by atoms with Gasteiger partial charge in [-0.25, -0.2) is 0 Å². The van der Waals surface area contributed by atoms with Gasteiger partial charge in [-0.1, -0.05) is 0 Å². The Hall–Kier alpha value is -1.97. The van der Waals surface area contributed by atoms with Crippen molar-refractivity contribution in [1.82, 2.24) is 0 Å². The van der Waals surface area contributed by atoms with Crippen molar-refractivity contribution in [2.24, 2.45) is 0 Å². The molecule has 0 bridgehead atoms. The predicted molar refractivity (Wildman–Crippen MR) is 68.5 cm³/mol. The third kappa shape index (κ3) is 2.72. The molecule has 0 amide bonds. The highest BCUT2D eigenvalue weighted by Gasteiger charge is 2.28.